The highest BCUT2D eigenvalue weighted by Gasteiger charge is 2.35. The molecule has 4 heteroatoms. The Labute approximate surface area is 216 Å². The molecule has 3 aromatic rings. The molecule has 1 heterocycles. The van der Waals surface area contributed by atoms with Gasteiger partial charge in [-0.1, -0.05) is 87.9 Å². The largest absolute Gasteiger partial charge is 0.379 e. The molecule has 36 heavy (non-hydrogen) atoms. The Kier molecular flexibility index (Phi) is 9.58. The number of aryl methyl sites for hydroxylation is 1. The summed E-state index contributed by atoms with van der Waals surface area (Å²) in [6, 6.07) is 21.1. The average Bonchev–Trinajstić information content (AvgIpc) is 2.89. The van der Waals surface area contributed by atoms with E-state index in [9.17, 15) is 4.79 Å². The molecule has 0 radical (unpaired) electrons. The zero-order valence-electron chi connectivity index (χ0n) is 21.1. The van der Waals surface area contributed by atoms with Crippen LogP contribution in [0.15, 0.2) is 66.7 Å². The third kappa shape index (κ3) is 6.29. The first-order chi connectivity index (χ1) is 16.9. The number of ether oxygens (including phenoxy) is 1. The van der Waals surface area contributed by atoms with Crippen LogP contribution >= 0.6 is 0 Å². The van der Waals surface area contributed by atoms with Gasteiger partial charge in [-0.3, -0.25) is 9.69 Å². The van der Waals surface area contributed by atoms with E-state index >= 15 is 4.39 Å². The van der Waals surface area contributed by atoms with Gasteiger partial charge in [0.05, 0.1) is 18.8 Å². The van der Waals surface area contributed by atoms with Crippen molar-refractivity contribution in [1.82, 2.24) is 4.90 Å². The van der Waals surface area contributed by atoms with Crippen molar-refractivity contribution in [1.29, 1.82) is 0 Å². The summed E-state index contributed by atoms with van der Waals surface area (Å²) in [6.45, 7) is 8.92. The number of benzene rings is 3. The second-order valence-corrected chi connectivity index (χ2v) is 9.91. The fourth-order valence-corrected chi connectivity index (χ4v) is 4.79. The lowest BCUT2D eigenvalue weighted by molar-refractivity contribution is -0.00429. The van der Waals surface area contributed by atoms with Crippen LogP contribution in [0.25, 0.3) is 22.3 Å². The van der Waals surface area contributed by atoms with Gasteiger partial charge in [-0.05, 0) is 55.0 Å². The molecule has 0 N–H and O–H groups in total. The lowest BCUT2D eigenvalue weighted by atomic mass is 9.90. The number of ketones is 1. The predicted octanol–water partition coefficient (Wildman–Crippen LogP) is 7.82. The summed E-state index contributed by atoms with van der Waals surface area (Å²) < 4.78 is 20.5. The van der Waals surface area contributed by atoms with Gasteiger partial charge in [0.2, 0.25) is 0 Å². The van der Waals surface area contributed by atoms with Gasteiger partial charge in [-0.15, -0.1) is 0 Å². The van der Waals surface area contributed by atoms with Crippen LogP contribution in [0.1, 0.15) is 63.4 Å². The number of rotatable bonds is 9. The Morgan fingerprint density at radius 3 is 2.11 bits per heavy atom. The number of Topliss-reactive ketones (excluding diaryl/α,β-unsaturated/α-hetero) is 1. The second-order valence-electron chi connectivity index (χ2n) is 9.91. The minimum Gasteiger partial charge on any atom is -0.379 e. The molecule has 0 bridgehead atoms. The van der Waals surface area contributed by atoms with E-state index in [0.717, 1.165) is 36.2 Å². The molecule has 192 valence electrons. The van der Waals surface area contributed by atoms with Crippen molar-refractivity contribution in [3.8, 4) is 22.3 Å². The number of hydrogen-bond donors (Lipinski definition) is 0. The number of unbranched alkanes of at least 4 members (excludes halogenated alkanes) is 2. The van der Waals surface area contributed by atoms with Crippen molar-refractivity contribution in [2.24, 2.45) is 0 Å². The molecule has 1 aliphatic rings. The van der Waals surface area contributed by atoms with Gasteiger partial charge in [0.25, 0.3) is 0 Å². The van der Waals surface area contributed by atoms with Gasteiger partial charge in [0.15, 0.2) is 5.78 Å². The van der Waals surface area contributed by atoms with Crippen LogP contribution in [-0.4, -0.2) is 42.5 Å². The minimum absolute atomic E-state index is 0. The summed E-state index contributed by atoms with van der Waals surface area (Å²) in [5.74, 6) is -0.192. The van der Waals surface area contributed by atoms with Gasteiger partial charge >= 0.3 is 0 Å². The quantitative estimate of drug-likeness (QED) is 0.227. The molecule has 0 unspecified atom stereocenters. The lowest BCUT2D eigenvalue weighted by Crippen LogP contribution is -2.54. The molecule has 4 rings (SSSR count). The third-order valence-corrected chi connectivity index (χ3v) is 7.14. The van der Waals surface area contributed by atoms with E-state index in [0.29, 0.717) is 24.3 Å². The molecule has 0 saturated carbocycles. The fraction of sp³-hybridized carbons (Fsp3) is 0.406. The minimum atomic E-state index is -0.607. The molecule has 3 nitrogen and oxygen atoms in total. The van der Waals surface area contributed by atoms with Gasteiger partial charge in [-0.25, -0.2) is 4.39 Å². The van der Waals surface area contributed by atoms with Crippen LogP contribution in [0.3, 0.4) is 0 Å². The summed E-state index contributed by atoms with van der Waals surface area (Å²) in [6.07, 6.45) is 4.75. The van der Waals surface area contributed by atoms with E-state index in [-0.39, 0.29) is 19.0 Å². The highest BCUT2D eigenvalue weighted by Crippen LogP contribution is 2.30. The van der Waals surface area contributed by atoms with Crippen LogP contribution < -0.4 is 0 Å². The number of hydrogen-bond acceptors (Lipinski definition) is 3. The molecule has 0 atom stereocenters. The summed E-state index contributed by atoms with van der Waals surface area (Å²) in [4.78, 5) is 15.4. The molecule has 0 spiro atoms. The van der Waals surface area contributed by atoms with E-state index in [1.54, 1.807) is 6.07 Å². The summed E-state index contributed by atoms with van der Waals surface area (Å²) in [7, 11) is 0. The highest BCUT2D eigenvalue weighted by molar-refractivity contribution is 6.03. The van der Waals surface area contributed by atoms with Crippen LogP contribution in [0.5, 0.6) is 0 Å². The molecule has 3 aromatic carbocycles. The summed E-state index contributed by atoms with van der Waals surface area (Å²) in [5, 5.41) is 0. The molecule has 1 fully saturated rings. The zero-order chi connectivity index (χ0) is 24.8. The lowest BCUT2D eigenvalue weighted by Gasteiger charge is -2.39. The average molecular weight is 490 g/mol. The molecule has 0 aliphatic carbocycles. The van der Waals surface area contributed by atoms with Crippen LogP contribution in [0, 0.1) is 5.82 Å². The van der Waals surface area contributed by atoms with E-state index < -0.39 is 5.54 Å². The molecule has 1 saturated heterocycles. The van der Waals surface area contributed by atoms with E-state index in [2.05, 4.69) is 36.1 Å². The first-order valence-corrected chi connectivity index (χ1v) is 12.8. The fourth-order valence-electron chi connectivity index (χ4n) is 4.79. The van der Waals surface area contributed by atoms with Gasteiger partial charge < -0.3 is 4.74 Å². The topological polar surface area (TPSA) is 29.5 Å². The van der Waals surface area contributed by atoms with Crippen LogP contribution in [-0.2, 0) is 11.2 Å². The maximum atomic E-state index is 15.1. The standard InChI is InChI=1S/C31H36FNO2.CH4/c1-4-5-6-7-23-8-10-24(11-9-23)27-16-17-28(29(32)22-27)25-12-14-26(15-13-25)30(34)31(2,3)33-18-20-35-21-19-33;/h8-17,22H,4-7,18-21H2,1-3H3;1H4. The third-order valence-electron chi connectivity index (χ3n) is 7.14. The predicted molar refractivity (Wildman–Crippen MR) is 148 cm³/mol. The van der Waals surface area contributed by atoms with E-state index in [4.69, 9.17) is 4.74 Å². The molecule has 0 amide bonds. The molecule has 1 aliphatic heterocycles. The number of carbonyl (C=O) groups is 1. The second kappa shape index (κ2) is 12.4. The maximum absolute atomic E-state index is 15.1. The van der Waals surface area contributed by atoms with Crippen molar-refractivity contribution in [3.05, 3.63) is 83.7 Å². The maximum Gasteiger partial charge on any atom is 0.182 e. The molecule has 0 aromatic heterocycles. The summed E-state index contributed by atoms with van der Waals surface area (Å²) >= 11 is 0. The molecular formula is C32H40FNO2. The smallest absolute Gasteiger partial charge is 0.182 e. The van der Waals surface area contributed by atoms with Crippen molar-refractivity contribution in [3.63, 3.8) is 0 Å². The van der Waals surface area contributed by atoms with Crippen molar-refractivity contribution in [2.45, 2.75) is 59.4 Å². The Morgan fingerprint density at radius 2 is 1.50 bits per heavy atom. The Morgan fingerprint density at radius 1 is 0.889 bits per heavy atom. The zero-order valence-corrected chi connectivity index (χ0v) is 21.1. The van der Waals surface area contributed by atoms with Crippen molar-refractivity contribution < 1.29 is 13.9 Å². The number of carbonyl (C=O) groups excluding carboxylic acids is 1. The number of halogens is 1. The van der Waals surface area contributed by atoms with Gasteiger partial charge in [0, 0.05) is 24.2 Å². The first kappa shape index (κ1) is 27.8. The number of nitrogens with zero attached hydrogens (tertiary/aromatic N) is 1. The first-order valence-electron chi connectivity index (χ1n) is 12.8. The normalized spacial score (nSPS) is 14.3. The van der Waals surface area contributed by atoms with Crippen molar-refractivity contribution in [2.75, 3.05) is 26.3 Å². The molecular weight excluding hydrogens is 449 g/mol. The number of morpholine rings is 1. The SMILES string of the molecule is C.CCCCCc1ccc(-c2ccc(-c3ccc(C(=O)C(C)(C)N4CCOCC4)cc3)c(F)c2)cc1. The Hall–Kier alpha value is -2.82. The Bertz CT molecular complexity index is 1130. The van der Waals surface area contributed by atoms with Crippen LogP contribution in [0.2, 0.25) is 0 Å². The highest BCUT2D eigenvalue weighted by atomic mass is 19.1. The summed E-state index contributed by atoms with van der Waals surface area (Å²) in [5.41, 5.74) is 4.54. The monoisotopic (exact) mass is 489 g/mol. The van der Waals surface area contributed by atoms with Crippen molar-refractivity contribution >= 4 is 5.78 Å². The van der Waals surface area contributed by atoms with Gasteiger partial charge in [0.1, 0.15) is 5.82 Å². The Balaban J connectivity index is 0.00000361. The van der Waals surface area contributed by atoms with E-state index in [1.807, 2.05) is 50.2 Å². The van der Waals surface area contributed by atoms with E-state index in [1.165, 1.54) is 24.8 Å². The van der Waals surface area contributed by atoms with Crippen LogP contribution in [0.4, 0.5) is 4.39 Å². The van der Waals surface area contributed by atoms with Gasteiger partial charge in [-0.2, -0.15) is 0 Å².